The number of phenolic OH excluding ortho intramolecular Hbond substituents is 1. The molecular weight excluding hydrogens is 396 g/mol. The van der Waals surface area contributed by atoms with E-state index in [9.17, 15) is 5.11 Å². The van der Waals surface area contributed by atoms with Gasteiger partial charge in [0.2, 0.25) is 0 Å². The van der Waals surface area contributed by atoms with Crippen LogP contribution in [0, 0.1) is 0 Å². The summed E-state index contributed by atoms with van der Waals surface area (Å²) in [7, 11) is 1.72. The number of hydrogen-bond acceptors (Lipinski definition) is 4. The molecule has 0 saturated heterocycles. The zero-order valence-electron chi connectivity index (χ0n) is 19.1. The number of benzene rings is 3. The van der Waals surface area contributed by atoms with Gasteiger partial charge in [-0.3, -0.25) is 0 Å². The number of nitrogens with two attached hydrogens (primary N) is 1. The number of methoxy groups -OCH3 is 1. The molecule has 2 atom stereocenters. The predicted octanol–water partition coefficient (Wildman–Crippen LogP) is 5.22. The highest BCUT2D eigenvalue weighted by molar-refractivity contribution is 5.58. The molecule has 32 heavy (non-hydrogen) atoms. The highest BCUT2D eigenvalue weighted by Crippen LogP contribution is 2.38. The summed E-state index contributed by atoms with van der Waals surface area (Å²) >= 11 is 0. The van der Waals surface area contributed by atoms with E-state index in [4.69, 9.17) is 10.5 Å². The fourth-order valence-electron chi connectivity index (χ4n) is 4.83. The Morgan fingerprint density at radius 2 is 1.81 bits per heavy atom. The normalized spacial score (nSPS) is 16.3. The summed E-state index contributed by atoms with van der Waals surface area (Å²) < 4.78 is 5.52. The number of aromatic hydroxyl groups is 1. The molecule has 4 N–H and O–H groups in total. The third kappa shape index (κ3) is 5.25. The molecule has 4 nitrogen and oxygen atoms in total. The highest BCUT2D eigenvalue weighted by atomic mass is 16.5. The molecule has 0 amide bonds. The van der Waals surface area contributed by atoms with Crippen LogP contribution in [0.1, 0.15) is 47.1 Å². The second-order valence-electron chi connectivity index (χ2n) is 8.95. The Morgan fingerprint density at radius 3 is 2.56 bits per heavy atom. The average Bonchev–Trinajstić information content (AvgIpc) is 2.80. The van der Waals surface area contributed by atoms with E-state index < -0.39 is 0 Å². The molecule has 0 heterocycles. The van der Waals surface area contributed by atoms with Crippen LogP contribution in [0.4, 0.5) is 5.69 Å². The second-order valence-corrected chi connectivity index (χ2v) is 8.95. The fourth-order valence-corrected chi connectivity index (χ4v) is 4.83. The van der Waals surface area contributed by atoms with Gasteiger partial charge >= 0.3 is 0 Å². The van der Waals surface area contributed by atoms with Crippen LogP contribution in [0.2, 0.25) is 0 Å². The summed E-state index contributed by atoms with van der Waals surface area (Å²) in [5.41, 5.74) is 13.4. The lowest BCUT2D eigenvalue weighted by molar-refractivity contribution is 0.414. The van der Waals surface area contributed by atoms with Gasteiger partial charge in [-0.25, -0.2) is 0 Å². The Bertz CT molecular complexity index is 1050. The largest absolute Gasteiger partial charge is 0.508 e. The van der Waals surface area contributed by atoms with Gasteiger partial charge in [-0.1, -0.05) is 36.4 Å². The predicted molar refractivity (Wildman–Crippen MR) is 132 cm³/mol. The van der Waals surface area contributed by atoms with Gasteiger partial charge in [-0.05, 0) is 97.5 Å². The molecule has 1 aliphatic carbocycles. The first-order valence-corrected chi connectivity index (χ1v) is 11.6. The van der Waals surface area contributed by atoms with E-state index in [2.05, 4.69) is 60.8 Å². The number of nitrogens with one attached hydrogen (secondary N) is 1. The van der Waals surface area contributed by atoms with Crippen LogP contribution in [0.3, 0.4) is 0 Å². The summed E-state index contributed by atoms with van der Waals surface area (Å²) in [6.07, 6.45) is 4.93. The van der Waals surface area contributed by atoms with Crippen molar-refractivity contribution in [3.63, 3.8) is 0 Å². The SMILES string of the molecule is COc1ccc(C2CCc3cc(O)ccc3C2)c(NC(C)Cc2ccc(CCN)cc2)c1. The van der Waals surface area contributed by atoms with E-state index in [-0.39, 0.29) is 6.04 Å². The quantitative estimate of drug-likeness (QED) is 0.458. The van der Waals surface area contributed by atoms with Crippen LogP contribution in [-0.2, 0) is 25.7 Å². The number of aryl methyl sites for hydroxylation is 1. The molecule has 2 unspecified atom stereocenters. The zero-order chi connectivity index (χ0) is 22.5. The standard InChI is InChI=1S/C28H34N2O2/c1-19(15-21-5-3-20(4-6-21)13-14-29)30-28-18-26(32-2)11-12-27(28)24-8-7-23-17-25(31)10-9-22(23)16-24/h3-6,9-12,17-19,24,30-31H,7-8,13-16,29H2,1-2H3. The molecule has 168 valence electrons. The Hall–Kier alpha value is -2.98. The summed E-state index contributed by atoms with van der Waals surface area (Å²) in [5, 5.41) is 13.6. The molecular formula is C28H34N2O2. The second kappa shape index (κ2) is 10.1. The minimum Gasteiger partial charge on any atom is -0.508 e. The van der Waals surface area contributed by atoms with E-state index in [1.165, 1.54) is 27.8 Å². The molecule has 0 spiro atoms. The summed E-state index contributed by atoms with van der Waals surface area (Å²) in [5.74, 6) is 1.68. The molecule has 0 aromatic heterocycles. The molecule has 0 aliphatic heterocycles. The van der Waals surface area contributed by atoms with E-state index >= 15 is 0 Å². The van der Waals surface area contributed by atoms with Crippen LogP contribution in [0.15, 0.2) is 60.7 Å². The number of rotatable bonds is 8. The summed E-state index contributed by atoms with van der Waals surface area (Å²) in [4.78, 5) is 0. The number of hydrogen-bond donors (Lipinski definition) is 3. The lowest BCUT2D eigenvalue weighted by Crippen LogP contribution is -2.21. The van der Waals surface area contributed by atoms with Crippen molar-refractivity contribution in [3.05, 3.63) is 88.5 Å². The van der Waals surface area contributed by atoms with Crippen LogP contribution >= 0.6 is 0 Å². The summed E-state index contributed by atoms with van der Waals surface area (Å²) in [6, 6.07) is 21.3. The van der Waals surface area contributed by atoms with Crippen molar-refractivity contribution in [2.45, 2.75) is 51.0 Å². The molecule has 3 aromatic rings. The molecule has 0 fully saturated rings. The Kier molecular flexibility index (Phi) is 7.01. The number of anilines is 1. The van der Waals surface area contributed by atoms with Crippen LogP contribution in [-0.4, -0.2) is 24.8 Å². The molecule has 3 aromatic carbocycles. The summed E-state index contributed by atoms with van der Waals surface area (Å²) in [6.45, 7) is 2.92. The van der Waals surface area contributed by atoms with E-state index in [0.29, 0.717) is 18.2 Å². The molecule has 4 heteroatoms. The first-order valence-electron chi connectivity index (χ1n) is 11.6. The maximum Gasteiger partial charge on any atom is 0.120 e. The van der Waals surface area contributed by atoms with E-state index in [1.807, 2.05) is 6.07 Å². The first-order chi connectivity index (χ1) is 15.6. The topological polar surface area (TPSA) is 67.5 Å². The Morgan fingerprint density at radius 1 is 1.03 bits per heavy atom. The maximum atomic E-state index is 9.81. The van der Waals surface area contributed by atoms with Gasteiger partial charge in [0, 0.05) is 17.8 Å². The van der Waals surface area contributed by atoms with Gasteiger partial charge in [0.1, 0.15) is 11.5 Å². The number of phenols is 1. The first kappa shape index (κ1) is 22.2. The van der Waals surface area contributed by atoms with Gasteiger partial charge in [-0.15, -0.1) is 0 Å². The highest BCUT2D eigenvalue weighted by Gasteiger charge is 2.23. The van der Waals surface area contributed by atoms with Crippen molar-refractivity contribution in [2.24, 2.45) is 5.73 Å². The minimum absolute atomic E-state index is 0.286. The van der Waals surface area contributed by atoms with E-state index in [0.717, 1.165) is 43.5 Å². The molecule has 0 saturated carbocycles. The van der Waals surface area contributed by atoms with E-state index in [1.54, 1.807) is 13.2 Å². The smallest absolute Gasteiger partial charge is 0.120 e. The van der Waals surface area contributed by atoms with Gasteiger partial charge in [0.15, 0.2) is 0 Å². The molecule has 1 aliphatic rings. The van der Waals surface area contributed by atoms with Crippen molar-refractivity contribution in [3.8, 4) is 11.5 Å². The van der Waals surface area contributed by atoms with Crippen LogP contribution < -0.4 is 15.8 Å². The van der Waals surface area contributed by atoms with Gasteiger partial charge in [0.25, 0.3) is 0 Å². The monoisotopic (exact) mass is 430 g/mol. The van der Waals surface area contributed by atoms with Crippen LogP contribution in [0.25, 0.3) is 0 Å². The van der Waals surface area contributed by atoms with Crippen molar-refractivity contribution in [1.82, 2.24) is 0 Å². The lowest BCUT2D eigenvalue weighted by Gasteiger charge is -2.28. The lowest BCUT2D eigenvalue weighted by atomic mass is 9.79. The van der Waals surface area contributed by atoms with Gasteiger partial charge in [-0.2, -0.15) is 0 Å². The van der Waals surface area contributed by atoms with Crippen molar-refractivity contribution < 1.29 is 9.84 Å². The van der Waals surface area contributed by atoms with Gasteiger partial charge in [0.05, 0.1) is 7.11 Å². The molecule has 4 rings (SSSR count). The molecule has 0 bridgehead atoms. The van der Waals surface area contributed by atoms with Crippen molar-refractivity contribution in [1.29, 1.82) is 0 Å². The Balaban J connectivity index is 1.51. The van der Waals surface area contributed by atoms with Gasteiger partial charge < -0.3 is 20.9 Å². The molecule has 0 radical (unpaired) electrons. The zero-order valence-corrected chi connectivity index (χ0v) is 19.1. The number of ether oxygens (including phenoxy) is 1. The average molecular weight is 431 g/mol. The van der Waals surface area contributed by atoms with Crippen LogP contribution in [0.5, 0.6) is 11.5 Å². The van der Waals surface area contributed by atoms with Crippen molar-refractivity contribution in [2.75, 3.05) is 19.0 Å². The maximum absolute atomic E-state index is 9.81. The third-order valence-electron chi connectivity index (χ3n) is 6.52. The Labute approximate surface area is 191 Å². The third-order valence-corrected chi connectivity index (χ3v) is 6.52. The van der Waals surface area contributed by atoms with Crippen molar-refractivity contribution >= 4 is 5.69 Å². The fraction of sp³-hybridized carbons (Fsp3) is 0.357. The number of fused-ring (bicyclic) bond motifs is 1. The minimum atomic E-state index is 0.286.